The minimum Gasteiger partial charge on any atom is -0.358 e. The van der Waals surface area contributed by atoms with Gasteiger partial charge in [-0.25, -0.2) is 0 Å². The molecule has 1 spiro atoms. The number of hydrogen-bond donors (Lipinski definition) is 2. The zero-order valence-corrected chi connectivity index (χ0v) is 10.5. The van der Waals surface area contributed by atoms with Gasteiger partial charge in [0.15, 0.2) is 5.17 Å². The number of amidine groups is 1. The molecule has 4 nitrogen and oxygen atoms in total. The third-order valence-corrected chi connectivity index (χ3v) is 4.72. The zero-order valence-electron chi connectivity index (χ0n) is 9.71. The third-order valence-electron chi connectivity index (χ3n) is 3.42. The fourth-order valence-electron chi connectivity index (χ4n) is 2.33. The van der Waals surface area contributed by atoms with E-state index in [1.54, 1.807) is 18.8 Å². The second kappa shape index (κ2) is 5.08. The summed E-state index contributed by atoms with van der Waals surface area (Å²) in [5.74, 6) is 1.16. The van der Waals surface area contributed by atoms with E-state index < -0.39 is 0 Å². The predicted octanol–water partition coefficient (Wildman–Crippen LogP) is 0.985. The van der Waals surface area contributed by atoms with Gasteiger partial charge in [0, 0.05) is 19.3 Å². The lowest BCUT2D eigenvalue weighted by Crippen LogP contribution is -2.38. The van der Waals surface area contributed by atoms with E-state index >= 15 is 0 Å². The van der Waals surface area contributed by atoms with Gasteiger partial charge < -0.3 is 10.6 Å². The van der Waals surface area contributed by atoms with E-state index in [4.69, 9.17) is 0 Å². The number of nitrogens with one attached hydrogen (secondary N) is 2. The van der Waals surface area contributed by atoms with Gasteiger partial charge in [-0.05, 0) is 18.3 Å². The molecule has 0 bridgehead atoms. The Hall–Kier alpha value is -0.710. The smallest absolute Gasteiger partial charge is 0.239 e. The van der Waals surface area contributed by atoms with Crippen molar-refractivity contribution < 1.29 is 4.79 Å². The van der Waals surface area contributed by atoms with Crippen molar-refractivity contribution in [1.29, 1.82) is 0 Å². The molecule has 2 N–H and O–H groups in total. The Balaban J connectivity index is 1.81. The minimum absolute atomic E-state index is 0.00412. The molecule has 1 aliphatic heterocycles. The Bertz CT molecular complexity index is 298. The number of hydrogen-bond acceptors (Lipinski definition) is 4. The van der Waals surface area contributed by atoms with Crippen molar-refractivity contribution in [2.24, 2.45) is 10.4 Å². The molecular weight excluding hydrogens is 222 g/mol. The second-order valence-electron chi connectivity index (χ2n) is 4.64. The number of nitrogens with zero attached hydrogens (tertiary/aromatic N) is 1. The molecule has 0 unspecified atom stereocenters. The highest BCUT2D eigenvalue weighted by Crippen LogP contribution is 2.43. The summed E-state index contributed by atoms with van der Waals surface area (Å²) in [5, 5.41) is 6.60. The molecule has 0 radical (unpaired) electrons. The van der Waals surface area contributed by atoms with Crippen molar-refractivity contribution in [2.75, 3.05) is 25.9 Å². The normalized spacial score (nSPS) is 22.9. The van der Waals surface area contributed by atoms with E-state index in [-0.39, 0.29) is 5.91 Å². The van der Waals surface area contributed by atoms with E-state index in [0.717, 1.165) is 17.5 Å². The maximum Gasteiger partial charge on any atom is 0.239 e. The fourth-order valence-corrected chi connectivity index (χ4v) is 3.48. The van der Waals surface area contributed by atoms with E-state index in [1.165, 1.54) is 25.7 Å². The van der Waals surface area contributed by atoms with Crippen LogP contribution in [-0.4, -0.2) is 37.0 Å². The second-order valence-corrected chi connectivity index (χ2v) is 5.61. The Morgan fingerprint density at radius 1 is 1.50 bits per heavy atom. The van der Waals surface area contributed by atoms with Crippen LogP contribution in [0.3, 0.4) is 0 Å². The maximum atomic E-state index is 11.1. The molecule has 0 aromatic rings. The molecule has 0 saturated heterocycles. The highest BCUT2D eigenvalue weighted by molar-refractivity contribution is 8.13. The topological polar surface area (TPSA) is 53.5 Å². The largest absolute Gasteiger partial charge is 0.358 e. The predicted molar refractivity (Wildman–Crippen MR) is 67.7 cm³/mol. The van der Waals surface area contributed by atoms with Gasteiger partial charge in [-0.1, -0.05) is 24.6 Å². The van der Waals surface area contributed by atoms with Crippen LogP contribution in [0, 0.1) is 5.41 Å². The van der Waals surface area contributed by atoms with E-state index in [9.17, 15) is 4.79 Å². The summed E-state index contributed by atoms with van der Waals surface area (Å²) >= 11 is 1.77. The maximum absolute atomic E-state index is 11.1. The number of carbonyl (C=O) groups excluding carboxylic acids is 1. The van der Waals surface area contributed by atoms with Crippen LogP contribution < -0.4 is 10.6 Å². The molecule has 1 saturated carbocycles. The Labute approximate surface area is 101 Å². The van der Waals surface area contributed by atoms with E-state index in [1.807, 2.05) is 0 Å². The number of rotatable bonds is 2. The quantitative estimate of drug-likeness (QED) is 0.758. The van der Waals surface area contributed by atoms with Gasteiger partial charge in [-0.3, -0.25) is 9.79 Å². The van der Waals surface area contributed by atoms with Gasteiger partial charge in [0.2, 0.25) is 5.91 Å². The lowest BCUT2D eigenvalue weighted by atomic mass is 9.89. The lowest BCUT2D eigenvalue weighted by Gasteiger charge is -2.30. The van der Waals surface area contributed by atoms with Crippen molar-refractivity contribution in [3.63, 3.8) is 0 Å². The van der Waals surface area contributed by atoms with Crippen molar-refractivity contribution in [3.8, 4) is 0 Å². The number of amides is 1. The van der Waals surface area contributed by atoms with Crippen molar-refractivity contribution in [3.05, 3.63) is 0 Å². The first-order valence-corrected chi connectivity index (χ1v) is 6.84. The number of aliphatic imine (C=N–C) groups is 1. The van der Waals surface area contributed by atoms with Gasteiger partial charge in [0.25, 0.3) is 0 Å². The minimum atomic E-state index is 0.00412. The standard InChI is InChI=1S/C11H19N3OS/c1-12-9(15)6-13-10-14-7-11(8-16-10)4-2-3-5-11/h2-8H2,1H3,(H,12,15)(H,13,14). The van der Waals surface area contributed by atoms with Crippen LogP contribution in [0.2, 0.25) is 0 Å². The molecule has 0 atom stereocenters. The molecule has 16 heavy (non-hydrogen) atoms. The monoisotopic (exact) mass is 241 g/mol. The summed E-state index contributed by atoms with van der Waals surface area (Å²) in [6.07, 6.45) is 5.37. The van der Waals surface area contributed by atoms with Crippen molar-refractivity contribution in [2.45, 2.75) is 25.7 Å². The van der Waals surface area contributed by atoms with Crippen LogP contribution in [-0.2, 0) is 4.79 Å². The lowest BCUT2D eigenvalue weighted by molar-refractivity contribution is -0.119. The van der Waals surface area contributed by atoms with Crippen LogP contribution in [0.4, 0.5) is 0 Å². The van der Waals surface area contributed by atoms with Crippen molar-refractivity contribution >= 4 is 22.8 Å². The first kappa shape index (κ1) is 11.8. The van der Waals surface area contributed by atoms with E-state index in [2.05, 4.69) is 15.6 Å². The Morgan fingerprint density at radius 2 is 2.25 bits per heavy atom. The average molecular weight is 241 g/mol. The Morgan fingerprint density at radius 3 is 2.81 bits per heavy atom. The summed E-state index contributed by atoms with van der Waals surface area (Å²) in [7, 11) is 1.65. The highest BCUT2D eigenvalue weighted by atomic mass is 32.2. The molecule has 5 heteroatoms. The van der Waals surface area contributed by atoms with Crippen LogP contribution in [0.25, 0.3) is 0 Å². The first-order chi connectivity index (χ1) is 7.74. The summed E-state index contributed by atoms with van der Waals surface area (Å²) < 4.78 is 0. The molecule has 0 aromatic heterocycles. The van der Waals surface area contributed by atoms with Gasteiger partial charge >= 0.3 is 0 Å². The van der Waals surface area contributed by atoms with Crippen LogP contribution >= 0.6 is 11.8 Å². The molecular formula is C11H19N3OS. The molecule has 2 rings (SSSR count). The molecule has 2 aliphatic rings. The van der Waals surface area contributed by atoms with Gasteiger partial charge in [0.05, 0.1) is 6.54 Å². The highest BCUT2D eigenvalue weighted by Gasteiger charge is 2.36. The summed E-state index contributed by atoms with van der Waals surface area (Å²) in [5.41, 5.74) is 0.475. The molecule has 1 amide bonds. The average Bonchev–Trinajstić information content (AvgIpc) is 2.77. The zero-order chi connectivity index (χ0) is 11.4. The van der Waals surface area contributed by atoms with Crippen molar-refractivity contribution in [1.82, 2.24) is 10.6 Å². The van der Waals surface area contributed by atoms with Crippen LogP contribution in [0.15, 0.2) is 4.99 Å². The van der Waals surface area contributed by atoms with Gasteiger partial charge in [-0.15, -0.1) is 0 Å². The molecule has 1 aliphatic carbocycles. The van der Waals surface area contributed by atoms with Crippen LogP contribution in [0.5, 0.6) is 0 Å². The van der Waals surface area contributed by atoms with Crippen LogP contribution in [0.1, 0.15) is 25.7 Å². The SMILES string of the molecule is CNC(=O)CNC1=NCC2(CCCC2)CS1. The van der Waals surface area contributed by atoms with E-state index in [0.29, 0.717) is 12.0 Å². The van der Waals surface area contributed by atoms with Gasteiger partial charge in [0.1, 0.15) is 0 Å². The summed E-state index contributed by atoms with van der Waals surface area (Å²) in [6, 6.07) is 0. The fraction of sp³-hybridized carbons (Fsp3) is 0.818. The first-order valence-electron chi connectivity index (χ1n) is 5.86. The number of likely N-dealkylation sites (N-methyl/N-ethyl adjacent to an activating group) is 1. The van der Waals surface area contributed by atoms with Gasteiger partial charge in [-0.2, -0.15) is 0 Å². The molecule has 1 heterocycles. The molecule has 0 aromatic carbocycles. The molecule has 1 fully saturated rings. The summed E-state index contributed by atoms with van der Waals surface area (Å²) in [4.78, 5) is 15.6. The summed E-state index contributed by atoms with van der Waals surface area (Å²) in [6.45, 7) is 1.27. The molecule has 90 valence electrons. The number of thioether (sulfide) groups is 1. The number of carbonyl (C=O) groups is 1. The third kappa shape index (κ3) is 2.70. The Kier molecular flexibility index (Phi) is 3.74.